The topological polar surface area (TPSA) is 30.3 Å². The average molecular weight is 181 g/mol. The zero-order valence-electron chi connectivity index (χ0n) is 8.82. The molecule has 2 atom stereocenters. The minimum Gasteiger partial charge on any atom is -0.306 e. The van der Waals surface area contributed by atoms with Crippen LogP contribution in [-0.2, 0) is 0 Å². The molecule has 0 aromatic carbocycles. The number of nitriles is 1. The van der Waals surface area contributed by atoms with Gasteiger partial charge >= 0.3 is 0 Å². The summed E-state index contributed by atoms with van der Waals surface area (Å²) in [6.45, 7) is 2.32. The number of hydrogen-bond acceptors (Lipinski definition) is 3. The molecule has 3 nitrogen and oxygen atoms in total. The molecule has 1 aliphatic rings. The summed E-state index contributed by atoms with van der Waals surface area (Å²) in [6, 6.07) is 2.72. The van der Waals surface area contributed by atoms with Crippen molar-refractivity contribution in [1.29, 1.82) is 5.26 Å². The van der Waals surface area contributed by atoms with Crippen LogP contribution in [0, 0.1) is 17.2 Å². The van der Waals surface area contributed by atoms with Crippen LogP contribution in [0.25, 0.3) is 0 Å². The first-order chi connectivity index (χ1) is 6.15. The quantitative estimate of drug-likeness (QED) is 0.644. The summed E-state index contributed by atoms with van der Waals surface area (Å²) in [4.78, 5) is 4.53. The molecule has 0 aliphatic carbocycles. The molecule has 1 fully saturated rings. The van der Waals surface area contributed by atoms with Crippen LogP contribution >= 0.6 is 0 Å². The Bertz CT molecular complexity index is 195. The average Bonchev–Trinajstić information content (AvgIpc) is 2.46. The molecule has 0 bridgehead atoms. The lowest BCUT2D eigenvalue weighted by Crippen LogP contribution is -2.36. The van der Waals surface area contributed by atoms with Crippen LogP contribution < -0.4 is 0 Å². The van der Waals surface area contributed by atoms with Crippen molar-refractivity contribution in [3.05, 3.63) is 0 Å². The summed E-state index contributed by atoms with van der Waals surface area (Å²) in [7, 11) is 6.29. The van der Waals surface area contributed by atoms with Gasteiger partial charge in [-0.2, -0.15) is 5.26 Å². The largest absolute Gasteiger partial charge is 0.306 e. The van der Waals surface area contributed by atoms with E-state index in [4.69, 9.17) is 5.26 Å². The van der Waals surface area contributed by atoms with Crippen LogP contribution in [0.1, 0.15) is 12.8 Å². The highest BCUT2D eigenvalue weighted by atomic mass is 15.2. The van der Waals surface area contributed by atoms with E-state index >= 15 is 0 Å². The first-order valence-electron chi connectivity index (χ1n) is 4.87. The van der Waals surface area contributed by atoms with Gasteiger partial charge in [0, 0.05) is 12.6 Å². The zero-order chi connectivity index (χ0) is 9.84. The number of likely N-dealkylation sites (tertiary alicyclic amines) is 1. The van der Waals surface area contributed by atoms with Gasteiger partial charge in [-0.15, -0.1) is 0 Å². The van der Waals surface area contributed by atoms with Gasteiger partial charge in [-0.05, 0) is 40.0 Å². The van der Waals surface area contributed by atoms with E-state index in [0.29, 0.717) is 18.4 Å². The highest BCUT2D eigenvalue weighted by Crippen LogP contribution is 2.22. The van der Waals surface area contributed by atoms with Gasteiger partial charge in [-0.25, -0.2) is 0 Å². The summed E-state index contributed by atoms with van der Waals surface area (Å²) in [6.07, 6.45) is 1.90. The van der Waals surface area contributed by atoms with Crippen LogP contribution in [0.4, 0.5) is 0 Å². The monoisotopic (exact) mass is 181 g/mol. The van der Waals surface area contributed by atoms with Gasteiger partial charge in [0.15, 0.2) is 0 Å². The van der Waals surface area contributed by atoms with Crippen LogP contribution in [0.3, 0.4) is 0 Å². The van der Waals surface area contributed by atoms with Gasteiger partial charge in [0.2, 0.25) is 0 Å². The zero-order valence-corrected chi connectivity index (χ0v) is 8.82. The van der Waals surface area contributed by atoms with Gasteiger partial charge in [0.25, 0.3) is 0 Å². The molecule has 13 heavy (non-hydrogen) atoms. The van der Waals surface area contributed by atoms with Crippen molar-refractivity contribution >= 4 is 0 Å². The lowest BCUT2D eigenvalue weighted by atomic mass is 9.96. The Hall–Kier alpha value is -0.590. The first-order valence-corrected chi connectivity index (χ1v) is 4.87. The van der Waals surface area contributed by atoms with E-state index in [2.05, 4.69) is 37.0 Å². The summed E-state index contributed by atoms with van der Waals surface area (Å²) >= 11 is 0. The van der Waals surface area contributed by atoms with Gasteiger partial charge in [-0.3, -0.25) is 0 Å². The van der Waals surface area contributed by atoms with Crippen molar-refractivity contribution in [1.82, 2.24) is 9.80 Å². The van der Waals surface area contributed by atoms with Crippen LogP contribution in [-0.4, -0.2) is 50.1 Å². The molecule has 1 aliphatic heterocycles. The fourth-order valence-corrected chi connectivity index (χ4v) is 2.15. The van der Waals surface area contributed by atoms with Crippen molar-refractivity contribution in [3.63, 3.8) is 0 Å². The fourth-order valence-electron chi connectivity index (χ4n) is 2.15. The normalized spacial score (nSPS) is 26.2. The molecule has 0 N–H and O–H groups in total. The van der Waals surface area contributed by atoms with Crippen molar-refractivity contribution in [2.75, 3.05) is 34.2 Å². The third-order valence-electron chi connectivity index (χ3n) is 2.94. The van der Waals surface area contributed by atoms with E-state index in [-0.39, 0.29) is 0 Å². The number of nitrogens with zero attached hydrogens (tertiary/aromatic N) is 3. The smallest absolute Gasteiger partial charge is 0.0638 e. The van der Waals surface area contributed by atoms with Gasteiger partial charge in [0.1, 0.15) is 0 Å². The molecule has 1 heterocycles. The second-order valence-electron chi connectivity index (χ2n) is 4.20. The summed E-state index contributed by atoms with van der Waals surface area (Å²) in [5.74, 6) is 0.680. The molecule has 2 unspecified atom stereocenters. The van der Waals surface area contributed by atoms with Crippen molar-refractivity contribution in [2.45, 2.75) is 18.9 Å². The van der Waals surface area contributed by atoms with Crippen LogP contribution in [0.5, 0.6) is 0 Å². The molecule has 0 amide bonds. The molecule has 0 aromatic heterocycles. The number of rotatable bonds is 3. The van der Waals surface area contributed by atoms with Crippen molar-refractivity contribution in [2.24, 2.45) is 5.92 Å². The fraction of sp³-hybridized carbons (Fsp3) is 0.900. The van der Waals surface area contributed by atoms with Gasteiger partial charge < -0.3 is 9.80 Å². The predicted octanol–water partition coefficient (Wildman–Crippen LogP) is 0.782. The third kappa shape index (κ3) is 2.68. The Morgan fingerprint density at radius 2 is 2.31 bits per heavy atom. The molecular formula is C10H19N3. The first kappa shape index (κ1) is 10.5. The highest BCUT2D eigenvalue weighted by molar-refractivity contribution is 4.89. The second kappa shape index (κ2) is 4.59. The molecule has 1 saturated heterocycles. The maximum Gasteiger partial charge on any atom is 0.0638 e. The molecule has 0 spiro atoms. The Balaban J connectivity index is 2.50. The lowest BCUT2D eigenvalue weighted by molar-refractivity contribution is 0.213. The molecule has 1 rings (SSSR count). The van der Waals surface area contributed by atoms with Gasteiger partial charge in [0.05, 0.1) is 12.5 Å². The Labute approximate surface area is 80.9 Å². The van der Waals surface area contributed by atoms with E-state index in [1.54, 1.807) is 0 Å². The summed E-state index contributed by atoms with van der Waals surface area (Å²) in [5, 5.41) is 8.72. The van der Waals surface area contributed by atoms with Crippen molar-refractivity contribution < 1.29 is 0 Å². The molecule has 74 valence electrons. The van der Waals surface area contributed by atoms with Crippen molar-refractivity contribution in [3.8, 4) is 6.07 Å². The standard InChI is InChI=1S/C10H19N3/c1-12(2)10(4-6-11)9-5-7-13(3)8-9/h9-10H,4-5,7-8H2,1-3H3. The van der Waals surface area contributed by atoms with E-state index in [1.165, 1.54) is 13.0 Å². The van der Waals surface area contributed by atoms with E-state index in [1.807, 2.05) is 0 Å². The summed E-state index contributed by atoms with van der Waals surface area (Å²) in [5.41, 5.74) is 0. The van der Waals surface area contributed by atoms with Crippen LogP contribution in [0.2, 0.25) is 0 Å². The number of hydrogen-bond donors (Lipinski definition) is 0. The molecule has 0 aromatic rings. The molecule has 0 radical (unpaired) electrons. The third-order valence-corrected chi connectivity index (χ3v) is 2.94. The molecular weight excluding hydrogens is 162 g/mol. The molecule has 0 saturated carbocycles. The second-order valence-corrected chi connectivity index (χ2v) is 4.20. The van der Waals surface area contributed by atoms with E-state index < -0.39 is 0 Å². The van der Waals surface area contributed by atoms with Gasteiger partial charge in [-0.1, -0.05) is 0 Å². The summed E-state index contributed by atoms with van der Waals surface area (Å²) < 4.78 is 0. The minimum absolute atomic E-state index is 0.440. The maximum atomic E-state index is 8.72. The molecule has 3 heteroatoms. The Morgan fingerprint density at radius 3 is 2.69 bits per heavy atom. The lowest BCUT2D eigenvalue weighted by Gasteiger charge is -2.27. The highest BCUT2D eigenvalue weighted by Gasteiger charge is 2.28. The minimum atomic E-state index is 0.440. The van der Waals surface area contributed by atoms with E-state index in [9.17, 15) is 0 Å². The van der Waals surface area contributed by atoms with Crippen LogP contribution in [0.15, 0.2) is 0 Å². The Morgan fingerprint density at radius 1 is 1.62 bits per heavy atom. The predicted molar refractivity (Wildman–Crippen MR) is 53.3 cm³/mol. The Kier molecular flexibility index (Phi) is 3.71. The maximum absolute atomic E-state index is 8.72. The SMILES string of the molecule is CN1CCC(C(CC#N)N(C)C)C1. The van der Waals surface area contributed by atoms with E-state index in [0.717, 1.165) is 6.54 Å².